The Hall–Kier alpha value is -2.34. The fourth-order valence-corrected chi connectivity index (χ4v) is 2.19. The quantitative estimate of drug-likeness (QED) is 0.669. The normalized spacial score (nSPS) is 11.6. The molecule has 0 aromatic heterocycles. The smallest absolute Gasteiger partial charge is 0.338 e. The summed E-state index contributed by atoms with van der Waals surface area (Å²) in [6, 6.07) is 12.3. The van der Waals surface area contributed by atoms with Crippen LogP contribution in [0.3, 0.4) is 0 Å². The lowest BCUT2D eigenvalue weighted by Crippen LogP contribution is -2.30. The molecule has 2 aromatic rings. The van der Waals surface area contributed by atoms with Crippen molar-refractivity contribution < 1.29 is 18.7 Å². The molecule has 0 aliphatic carbocycles. The van der Waals surface area contributed by atoms with E-state index >= 15 is 0 Å². The minimum atomic E-state index is -0.965. The number of benzene rings is 2. The molecular weight excluding hydrogens is 317 g/mol. The Morgan fingerprint density at radius 1 is 1.09 bits per heavy atom. The molecule has 0 radical (unpaired) electrons. The number of amides is 1. The molecule has 0 unspecified atom stereocenters. The lowest BCUT2D eigenvalue weighted by molar-refractivity contribution is -0.123. The van der Waals surface area contributed by atoms with Gasteiger partial charge in [-0.25, -0.2) is 9.18 Å². The summed E-state index contributed by atoms with van der Waals surface area (Å²) in [7, 11) is 0. The van der Waals surface area contributed by atoms with Gasteiger partial charge >= 0.3 is 5.97 Å². The molecule has 0 spiro atoms. The van der Waals surface area contributed by atoms with Gasteiger partial charge in [0.2, 0.25) is 0 Å². The number of hydrogen-bond acceptors (Lipinski definition) is 4. The third-order valence-corrected chi connectivity index (χ3v) is 3.83. The molecule has 0 saturated heterocycles. The van der Waals surface area contributed by atoms with Gasteiger partial charge in [-0.05, 0) is 61.7 Å². The number of anilines is 1. The van der Waals surface area contributed by atoms with Crippen LogP contribution in [0.5, 0.6) is 0 Å². The van der Waals surface area contributed by atoms with Gasteiger partial charge in [0, 0.05) is 10.6 Å². The second-order valence-corrected chi connectivity index (χ2v) is 5.65. The van der Waals surface area contributed by atoms with Gasteiger partial charge in [-0.1, -0.05) is 0 Å². The standard InChI is InChI=1S/C17H16FNO3S/c1-11(16(20)19-14-7-5-13(18)6-8-14)22-17(21)12-3-9-15(23-2)10-4-12/h3-11H,1-2H3,(H,19,20)/t11-/m0/s1. The first-order valence-corrected chi connectivity index (χ1v) is 8.13. The number of esters is 1. The van der Waals surface area contributed by atoms with Crippen molar-refractivity contribution in [2.45, 2.75) is 17.9 Å². The molecule has 120 valence electrons. The fourth-order valence-electron chi connectivity index (χ4n) is 1.79. The van der Waals surface area contributed by atoms with Crippen LogP contribution in [0.15, 0.2) is 53.4 Å². The Bertz CT molecular complexity index is 686. The zero-order valence-electron chi connectivity index (χ0n) is 12.7. The third-order valence-electron chi connectivity index (χ3n) is 3.09. The van der Waals surface area contributed by atoms with Crippen LogP contribution in [0.25, 0.3) is 0 Å². The highest BCUT2D eigenvalue weighted by molar-refractivity contribution is 7.98. The van der Waals surface area contributed by atoms with Crippen molar-refractivity contribution in [3.8, 4) is 0 Å². The molecule has 0 fully saturated rings. The second kappa shape index (κ2) is 7.78. The maximum Gasteiger partial charge on any atom is 0.338 e. The van der Waals surface area contributed by atoms with E-state index < -0.39 is 23.8 Å². The van der Waals surface area contributed by atoms with E-state index in [1.165, 1.54) is 31.2 Å². The average molecular weight is 333 g/mol. The summed E-state index contributed by atoms with van der Waals surface area (Å²) >= 11 is 1.57. The molecule has 2 aromatic carbocycles. The van der Waals surface area contributed by atoms with Crippen molar-refractivity contribution in [1.82, 2.24) is 0 Å². The molecule has 0 aliphatic rings. The van der Waals surface area contributed by atoms with Gasteiger partial charge in [-0.2, -0.15) is 0 Å². The summed E-state index contributed by atoms with van der Waals surface area (Å²) in [4.78, 5) is 25.0. The molecule has 6 heteroatoms. The van der Waals surface area contributed by atoms with E-state index in [1.807, 2.05) is 18.4 Å². The molecule has 0 aliphatic heterocycles. The zero-order chi connectivity index (χ0) is 16.8. The van der Waals surface area contributed by atoms with Crippen LogP contribution in [0, 0.1) is 5.82 Å². The van der Waals surface area contributed by atoms with Crippen LogP contribution in [0.4, 0.5) is 10.1 Å². The molecule has 0 heterocycles. The van der Waals surface area contributed by atoms with E-state index in [4.69, 9.17) is 4.74 Å². The van der Waals surface area contributed by atoms with Gasteiger partial charge in [0.15, 0.2) is 6.10 Å². The Balaban J connectivity index is 1.94. The first-order chi connectivity index (χ1) is 11.0. The largest absolute Gasteiger partial charge is 0.449 e. The molecule has 1 amide bonds. The number of halogens is 1. The Morgan fingerprint density at radius 3 is 2.26 bits per heavy atom. The van der Waals surface area contributed by atoms with Crippen LogP contribution in [0.2, 0.25) is 0 Å². The minimum absolute atomic E-state index is 0.379. The number of thioether (sulfide) groups is 1. The van der Waals surface area contributed by atoms with Gasteiger partial charge in [0.25, 0.3) is 5.91 Å². The monoisotopic (exact) mass is 333 g/mol. The van der Waals surface area contributed by atoms with Crippen LogP contribution in [0.1, 0.15) is 17.3 Å². The Morgan fingerprint density at radius 2 is 1.70 bits per heavy atom. The number of rotatable bonds is 5. The molecule has 1 N–H and O–H groups in total. The fraction of sp³-hybridized carbons (Fsp3) is 0.176. The molecular formula is C17H16FNO3S. The van der Waals surface area contributed by atoms with E-state index in [1.54, 1.807) is 23.9 Å². The summed E-state index contributed by atoms with van der Waals surface area (Å²) in [5, 5.41) is 2.56. The van der Waals surface area contributed by atoms with Crippen molar-refractivity contribution in [2.24, 2.45) is 0 Å². The predicted molar refractivity (Wildman–Crippen MR) is 88.1 cm³/mol. The van der Waals surface area contributed by atoms with Gasteiger partial charge < -0.3 is 10.1 Å². The molecule has 0 saturated carbocycles. The van der Waals surface area contributed by atoms with Crippen molar-refractivity contribution in [3.63, 3.8) is 0 Å². The van der Waals surface area contributed by atoms with Crippen LogP contribution in [-0.2, 0) is 9.53 Å². The maximum absolute atomic E-state index is 12.8. The number of hydrogen-bond donors (Lipinski definition) is 1. The van der Waals surface area contributed by atoms with E-state index in [0.29, 0.717) is 11.3 Å². The van der Waals surface area contributed by atoms with Crippen LogP contribution < -0.4 is 5.32 Å². The molecule has 4 nitrogen and oxygen atoms in total. The molecule has 2 rings (SSSR count). The van der Waals surface area contributed by atoms with Crippen molar-refractivity contribution in [2.75, 3.05) is 11.6 Å². The van der Waals surface area contributed by atoms with E-state index in [-0.39, 0.29) is 0 Å². The van der Waals surface area contributed by atoms with Crippen molar-refractivity contribution in [3.05, 3.63) is 59.9 Å². The van der Waals surface area contributed by atoms with Crippen LogP contribution >= 0.6 is 11.8 Å². The molecule has 0 bridgehead atoms. The van der Waals surface area contributed by atoms with E-state index in [0.717, 1.165) is 4.90 Å². The van der Waals surface area contributed by atoms with Crippen LogP contribution in [-0.4, -0.2) is 24.2 Å². The number of carbonyl (C=O) groups is 2. The minimum Gasteiger partial charge on any atom is -0.449 e. The zero-order valence-corrected chi connectivity index (χ0v) is 13.5. The summed E-state index contributed by atoms with van der Waals surface area (Å²) < 4.78 is 17.9. The topological polar surface area (TPSA) is 55.4 Å². The average Bonchev–Trinajstić information content (AvgIpc) is 2.56. The van der Waals surface area contributed by atoms with Gasteiger partial charge in [0.05, 0.1) is 5.56 Å². The van der Waals surface area contributed by atoms with Crippen molar-refractivity contribution >= 4 is 29.3 Å². The summed E-state index contributed by atoms with van der Waals surface area (Å²) in [5.41, 5.74) is 0.813. The summed E-state index contributed by atoms with van der Waals surface area (Å²) in [6.07, 6.45) is 0.975. The van der Waals surface area contributed by atoms with Gasteiger partial charge in [-0.15, -0.1) is 11.8 Å². The molecule has 23 heavy (non-hydrogen) atoms. The Labute approximate surface area is 138 Å². The maximum atomic E-state index is 12.8. The Kier molecular flexibility index (Phi) is 5.76. The van der Waals surface area contributed by atoms with Gasteiger partial charge in [0.1, 0.15) is 5.82 Å². The highest BCUT2D eigenvalue weighted by Crippen LogP contribution is 2.16. The van der Waals surface area contributed by atoms with Gasteiger partial charge in [-0.3, -0.25) is 4.79 Å². The lowest BCUT2D eigenvalue weighted by Gasteiger charge is -2.13. The summed E-state index contributed by atoms with van der Waals surface area (Å²) in [6.45, 7) is 1.48. The number of ether oxygens (including phenoxy) is 1. The highest BCUT2D eigenvalue weighted by Gasteiger charge is 2.19. The third kappa shape index (κ3) is 4.82. The van der Waals surface area contributed by atoms with E-state index in [9.17, 15) is 14.0 Å². The molecule has 1 atom stereocenters. The number of carbonyl (C=O) groups excluding carboxylic acids is 2. The second-order valence-electron chi connectivity index (χ2n) is 4.77. The number of nitrogens with one attached hydrogen (secondary N) is 1. The first kappa shape index (κ1) is 17.0. The summed E-state index contributed by atoms with van der Waals surface area (Å²) in [5.74, 6) is -1.44. The lowest BCUT2D eigenvalue weighted by atomic mass is 10.2. The highest BCUT2D eigenvalue weighted by atomic mass is 32.2. The SMILES string of the molecule is CSc1ccc(C(=O)O[C@@H](C)C(=O)Nc2ccc(F)cc2)cc1. The first-order valence-electron chi connectivity index (χ1n) is 6.91. The predicted octanol–water partition coefficient (Wildman–Crippen LogP) is 3.73. The van der Waals surface area contributed by atoms with Crippen molar-refractivity contribution in [1.29, 1.82) is 0 Å². The van der Waals surface area contributed by atoms with E-state index in [2.05, 4.69) is 5.32 Å².